The summed E-state index contributed by atoms with van der Waals surface area (Å²) in [7, 11) is 0. The number of rotatable bonds is 4. The van der Waals surface area contributed by atoms with Gasteiger partial charge in [0, 0.05) is 11.1 Å². The second-order valence-electron chi connectivity index (χ2n) is 3.93. The van der Waals surface area contributed by atoms with E-state index in [1.807, 2.05) is 0 Å². The molecule has 0 unspecified atom stereocenters. The number of amides is 1. The van der Waals surface area contributed by atoms with Crippen molar-refractivity contribution in [3.8, 4) is 11.8 Å². The van der Waals surface area contributed by atoms with Crippen LogP contribution in [0.4, 0.5) is 0 Å². The van der Waals surface area contributed by atoms with Crippen molar-refractivity contribution in [2.75, 3.05) is 19.8 Å². The predicted octanol–water partition coefficient (Wildman–Crippen LogP) is 0.632. The number of esters is 1. The molecule has 0 heterocycles. The fourth-order valence-corrected chi connectivity index (χ4v) is 1.61. The summed E-state index contributed by atoms with van der Waals surface area (Å²) in [4.78, 5) is 23.2. The Morgan fingerprint density at radius 2 is 2.15 bits per heavy atom. The van der Waals surface area contributed by atoms with Crippen molar-refractivity contribution < 1.29 is 19.4 Å². The predicted molar refractivity (Wildman–Crippen MR) is 74.1 cm³/mol. The van der Waals surface area contributed by atoms with E-state index in [-0.39, 0.29) is 25.7 Å². The number of aliphatic hydroxyl groups excluding tert-OH is 1. The van der Waals surface area contributed by atoms with Gasteiger partial charge >= 0.3 is 5.97 Å². The fraction of sp³-hybridized carbons (Fsp3) is 0.333. The number of hydrogen-bond donors (Lipinski definition) is 2. The average Bonchev–Trinajstić information content (AvgIpc) is 2.44. The molecule has 0 atom stereocenters. The van der Waals surface area contributed by atoms with Crippen molar-refractivity contribution in [2.24, 2.45) is 0 Å². The van der Waals surface area contributed by atoms with Gasteiger partial charge in [0.25, 0.3) is 5.91 Å². The standard InChI is InChI=1S/C15H17NO4/c1-3-20-14(18)10-16-15(19)13-8-4-6-12(11(13)2)7-5-9-17/h4,6,8,17H,3,9-10H2,1-2H3,(H,16,19). The summed E-state index contributed by atoms with van der Waals surface area (Å²) in [6, 6.07) is 5.12. The smallest absolute Gasteiger partial charge is 0.325 e. The van der Waals surface area contributed by atoms with Crippen molar-refractivity contribution in [1.29, 1.82) is 0 Å². The average molecular weight is 275 g/mol. The Labute approximate surface area is 117 Å². The zero-order valence-corrected chi connectivity index (χ0v) is 11.5. The van der Waals surface area contributed by atoms with Gasteiger partial charge in [-0.2, -0.15) is 0 Å². The van der Waals surface area contributed by atoms with Crippen LogP contribution in [-0.4, -0.2) is 36.7 Å². The van der Waals surface area contributed by atoms with Crippen LogP contribution >= 0.6 is 0 Å². The van der Waals surface area contributed by atoms with Gasteiger partial charge in [0.1, 0.15) is 13.2 Å². The van der Waals surface area contributed by atoms with Crippen LogP contribution in [0.25, 0.3) is 0 Å². The highest BCUT2D eigenvalue weighted by atomic mass is 16.5. The normalized spacial score (nSPS) is 9.35. The van der Waals surface area contributed by atoms with Gasteiger partial charge in [-0.3, -0.25) is 9.59 Å². The number of hydrogen-bond acceptors (Lipinski definition) is 4. The van der Waals surface area contributed by atoms with Crippen molar-refractivity contribution in [3.05, 3.63) is 34.9 Å². The van der Waals surface area contributed by atoms with Crippen LogP contribution in [0.2, 0.25) is 0 Å². The molecule has 0 saturated carbocycles. The Morgan fingerprint density at radius 3 is 2.80 bits per heavy atom. The maximum absolute atomic E-state index is 12.0. The van der Waals surface area contributed by atoms with Crippen molar-refractivity contribution >= 4 is 11.9 Å². The van der Waals surface area contributed by atoms with E-state index < -0.39 is 5.97 Å². The van der Waals surface area contributed by atoms with Gasteiger partial charge in [-0.05, 0) is 31.5 Å². The number of aliphatic hydroxyl groups is 1. The van der Waals surface area contributed by atoms with Crippen molar-refractivity contribution in [2.45, 2.75) is 13.8 Å². The molecule has 5 heteroatoms. The third-order valence-corrected chi connectivity index (χ3v) is 2.58. The molecular formula is C15H17NO4. The van der Waals surface area contributed by atoms with E-state index in [1.165, 1.54) is 0 Å². The molecule has 1 amide bonds. The van der Waals surface area contributed by atoms with Crippen LogP contribution in [-0.2, 0) is 9.53 Å². The zero-order valence-electron chi connectivity index (χ0n) is 11.5. The molecule has 0 aromatic heterocycles. The maximum Gasteiger partial charge on any atom is 0.325 e. The van der Waals surface area contributed by atoms with Gasteiger partial charge < -0.3 is 15.2 Å². The second-order valence-corrected chi connectivity index (χ2v) is 3.93. The monoisotopic (exact) mass is 275 g/mol. The minimum absolute atomic E-state index is 0.168. The Kier molecular flexibility index (Phi) is 6.27. The molecule has 5 nitrogen and oxygen atoms in total. The number of carbonyl (C=O) groups is 2. The van der Waals surface area contributed by atoms with Crippen LogP contribution in [0.15, 0.2) is 18.2 Å². The SMILES string of the molecule is CCOC(=O)CNC(=O)c1cccc(C#CCO)c1C. The van der Waals surface area contributed by atoms with E-state index in [4.69, 9.17) is 9.84 Å². The molecule has 1 aromatic carbocycles. The highest BCUT2D eigenvalue weighted by Crippen LogP contribution is 2.12. The lowest BCUT2D eigenvalue weighted by Gasteiger charge is -2.08. The molecule has 2 N–H and O–H groups in total. The molecule has 1 rings (SSSR count). The largest absolute Gasteiger partial charge is 0.465 e. The number of nitrogens with one attached hydrogen (secondary N) is 1. The van der Waals surface area contributed by atoms with E-state index in [1.54, 1.807) is 32.0 Å². The van der Waals surface area contributed by atoms with E-state index in [0.717, 1.165) is 0 Å². The van der Waals surface area contributed by atoms with Gasteiger partial charge in [-0.1, -0.05) is 17.9 Å². The second kappa shape index (κ2) is 7.97. The first-order valence-electron chi connectivity index (χ1n) is 6.23. The van der Waals surface area contributed by atoms with Crippen LogP contribution in [0.5, 0.6) is 0 Å². The Morgan fingerprint density at radius 1 is 1.40 bits per heavy atom. The van der Waals surface area contributed by atoms with Gasteiger partial charge in [0.05, 0.1) is 6.61 Å². The third-order valence-electron chi connectivity index (χ3n) is 2.58. The van der Waals surface area contributed by atoms with Crippen LogP contribution < -0.4 is 5.32 Å². The topological polar surface area (TPSA) is 75.6 Å². The number of benzene rings is 1. The minimum Gasteiger partial charge on any atom is -0.465 e. The van der Waals surface area contributed by atoms with Crippen LogP contribution in [0, 0.1) is 18.8 Å². The van der Waals surface area contributed by atoms with E-state index in [2.05, 4.69) is 17.2 Å². The Hall–Kier alpha value is -2.32. The lowest BCUT2D eigenvalue weighted by molar-refractivity contribution is -0.141. The van der Waals surface area contributed by atoms with E-state index >= 15 is 0 Å². The summed E-state index contributed by atoms with van der Waals surface area (Å²) in [6.07, 6.45) is 0. The first-order chi connectivity index (χ1) is 9.60. The maximum atomic E-state index is 12.0. The van der Waals surface area contributed by atoms with Crippen LogP contribution in [0.3, 0.4) is 0 Å². The van der Waals surface area contributed by atoms with E-state index in [9.17, 15) is 9.59 Å². The Balaban J connectivity index is 2.81. The van der Waals surface area contributed by atoms with Crippen molar-refractivity contribution in [3.63, 3.8) is 0 Å². The quantitative estimate of drug-likeness (QED) is 0.624. The first-order valence-corrected chi connectivity index (χ1v) is 6.23. The lowest BCUT2D eigenvalue weighted by atomic mass is 10.0. The minimum atomic E-state index is -0.477. The highest BCUT2D eigenvalue weighted by molar-refractivity contribution is 5.97. The summed E-state index contributed by atoms with van der Waals surface area (Å²) in [6.45, 7) is 3.34. The molecule has 106 valence electrons. The van der Waals surface area contributed by atoms with Gasteiger partial charge in [-0.25, -0.2) is 0 Å². The molecule has 0 bridgehead atoms. The molecule has 0 aliphatic heterocycles. The molecule has 1 aromatic rings. The Bertz CT molecular complexity index is 555. The van der Waals surface area contributed by atoms with Crippen molar-refractivity contribution in [1.82, 2.24) is 5.32 Å². The van der Waals surface area contributed by atoms with Gasteiger partial charge in [-0.15, -0.1) is 0 Å². The number of carbonyl (C=O) groups excluding carboxylic acids is 2. The highest BCUT2D eigenvalue weighted by Gasteiger charge is 2.12. The van der Waals surface area contributed by atoms with E-state index in [0.29, 0.717) is 16.7 Å². The molecular weight excluding hydrogens is 258 g/mol. The summed E-state index contributed by atoms with van der Waals surface area (Å²) < 4.78 is 4.73. The lowest BCUT2D eigenvalue weighted by Crippen LogP contribution is -2.31. The molecule has 0 saturated heterocycles. The summed E-state index contributed by atoms with van der Waals surface area (Å²) >= 11 is 0. The molecule has 0 aliphatic rings. The first kappa shape index (κ1) is 15.7. The molecule has 20 heavy (non-hydrogen) atoms. The third kappa shape index (κ3) is 4.41. The summed E-state index contributed by atoms with van der Waals surface area (Å²) in [5.41, 5.74) is 1.82. The van der Waals surface area contributed by atoms with Crippen LogP contribution in [0.1, 0.15) is 28.4 Å². The fourth-order valence-electron chi connectivity index (χ4n) is 1.61. The summed E-state index contributed by atoms with van der Waals surface area (Å²) in [5.74, 6) is 4.47. The van der Waals surface area contributed by atoms with Gasteiger partial charge in [0.2, 0.25) is 0 Å². The molecule has 0 fully saturated rings. The molecule has 0 spiro atoms. The molecule has 0 aliphatic carbocycles. The zero-order chi connectivity index (χ0) is 15.0. The summed E-state index contributed by atoms with van der Waals surface area (Å²) in [5, 5.41) is 11.2. The van der Waals surface area contributed by atoms with Gasteiger partial charge in [0.15, 0.2) is 0 Å². The number of ether oxygens (including phenoxy) is 1. The molecule has 0 radical (unpaired) electrons.